The maximum atomic E-state index is 10.1. The van der Waals surface area contributed by atoms with Crippen LogP contribution in [0.2, 0.25) is 0 Å². The third-order valence-corrected chi connectivity index (χ3v) is 2.00. The summed E-state index contributed by atoms with van der Waals surface area (Å²) in [5, 5.41) is 0. The Kier molecular flexibility index (Phi) is 3.44. The van der Waals surface area contributed by atoms with Gasteiger partial charge in [0.15, 0.2) is 0 Å². The van der Waals surface area contributed by atoms with E-state index in [-0.39, 0.29) is 0 Å². The molecule has 0 heterocycles. The zero-order valence-electron chi connectivity index (χ0n) is 7.92. The summed E-state index contributed by atoms with van der Waals surface area (Å²) in [6, 6.07) is 8.19. The molecule has 68 valence electrons. The van der Waals surface area contributed by atoms with Gasteiger partial charge in [-0.2, -0.15) is 0 Å². The van der Waals surface area contributed by atoms with Crippen LogP contribution in [0.1, 0.15) is 24.5 Å². The molecule has 0 aliphatic carbocycles. The highest BCUT2D eigenvalue weighted by molar-refractivity contribution is 5.61. The van der Waals surface area contributed by atoms with Crippen LogP contribution >= 0.6 is 0 Å². The van der Waals surface area contributed by atoms with Crippen molar-refractivity contribution in [3.05, 3.63) is 42.0 Å². The Hall–Kier alpha value is -1.37. The first-order valence-corrected chi connectivity index (χ1v) is 4.42. The molecule has 0 bridgehead atoms. The minimum Gasteiger partial charge on any atom is -0.303 e. The Labute approximate surface area is 79.1 Å². The van der Waals surface area contributed by atoms with Crippen molar-refractivity contribution in [1.82, 2.24) is 0 Å². The quantitative estimate of drug-likeness (QED) is 0.641. The molecular formula is C12H14O. The smallest absolute Gasteiger partial charge is 0.120 e. The molecule has 0 amide bonds. The molecule has 0 aliphatic rings. The van der Waals surface area contributed by atoms with E-state index in [9.17, 15) is 4.79 Å². The van der Waals surface area contributed by atoms with Crippen molar-refractivity contribution < 1.29 is 4.79 Å². The molecule has 0 aromatic heterocycles. The standard InChI is InChI=1S/C12H14O/c1-10(2)12-7-5-11(6-8-12)4-3-9-13/h5-9H,1,3-4H2,2H3. The van der Waals surface area contributed by atoms with E-state index in [0.29, 0.717) is 6.42 Å². The lowest BCUT2D eigenvalue weighted by Gasteiger charge is -2.01. The highest BCUT2D eigenvalue weighted by Crippen LogP contribution is 2.12. The van der Waals surface area contributed by atoms with Crippen LogP contribution in [-0.2, 0) is 11.2 Å². The SMILES string of the molecule is C=C(C)c1ccc(CCC=O)cc1. The summed E-state index contributed by atoms with van der Waals surface area (Å²) in [6.07, 6.45) is 2.39. The second-order valence-electron chi connectivity index (χ2n) is 3.18. The first-order valence-electron chi connectivity index (χ1n) is 4.42. The summed E-state index contributed by atoms with van der Waals surface area (Å²) in [7, 11) is 0. The van der Waals surface area contributed by atoms with Crippen LogP contribution in [0.5, 0.6) is 0 Å². The molecule has 1 aromatic carbocycles. The monoisotopic (exact) mass is 174 g/mol. The summed E-state index contributed by atoms with van der Waals surface area (Å²) in [5.74, 6) is 0. The number of carbonyl (C=O) groups is 1. The van der Waals surface area contributed by atoms with Crippen molar-refractivity contribution in [1.29, 1.82) is 0 Å². The summed E-state index contributed by atoms with van der Waals surface area (Å²) >= 11 is 0. The first-order chi connectivity index (χ1) is 6.24. The molecule has 13 heavy (non-hydrogen) atoms. The normalized spacial score (nSPS) is 9.62. The zero-order chi connectivity index (χ0) is 9.68. The fourth-order valence-corrected chi connectivity index (χ4v) is 1.18. The van der Waals surface area contributed by atoms with Gasteiger partial charge in [-0.15, -0.1) is 0 Å². The Balaban J connectivity index is 2.69. The number of aldehydes is 1. The Morgan fingerprint density at radius 1 is 1.38 bits per heavy atom. The third kappa shape index (κ3) is 2.86. The number of carbonyl (C=O) groups excluding carboxylic acids is 1. The molecule has 1 heteroatoms. The van der Waals surface area contributed by atoms with E-state index in [2.05, 4.69) is 6.58 Å². The molecule has 1 rings (SSSR count). The molecule has 0 saturated heterocycles. The van der Waals surface area contributed by atoms with Gasteiger partial charge in [0.25, 0.3) is 0 Å². The van der Waals surface area contributed by atoms with E-state index in [1.165, 1.54) is 5.56 Å². The first kappa shape index (κ1) is 9.72. The highest BCUT2D eigenvalue weighted by Gasteiger charge is 1.94. The summed E-state index contributed by atoms with van der Waals surface area (Å²) < 4.78 is 0. The average molecular weight is 174 g/mol. The van der Waals surface area contributed by atoms with Crippen LogP contribution in [-0.4, -0.2) is 6.29 Å². The van der Waals surface area contributed by atoms with E-state index in [1.54, 1.807) is 0 Å². The molecule has 0 radical (unpaired) electrons. The Morgan fingerprint density at radius 3 is 2.46 bits per heavy atom. The number of allylic oxidation sites excluding steroid dienone is 1. The van der Waals surface area contributed by atoms with Gasteiger partial charge in [0, 0.05) is 6.42 Å². The molecule has 0 fully saturated rings. The van der Waals surface area contributed by atoms with Gasteiger partial charge < -0.3 is 4.79 Å². The fraction of sp³-hybridized carbons (Fsp3) is 0.250. The van der Waals surface area contributed by atoms with Crippen LogP contribution in [0.3, 0.4) is 0 Å². The van der Waals surface area contributed by atoms with Crippen LogP contribution < -0.4 is 0 Å². The van der Waals surface area contributed by atoms with Crippen LogP contribution in [0, 0.1) is 0 Å². The highest BCUT2D eigenvalue weighted by atomic mass is 16.1. The van der Waals surface area contributed by atoms with Crippen molar-refractivity contribution in [2.75, 3.05) is 0 Å². The van der Waals surface area contributed by atoms with Gasteiger partial charge in [-0.1, -0.05) is 36.4 Å². The number of hydrogen-bond acceptors (Lipinski definition) is 1. The largest absolute Gasteiger partial charge is 0.303 e. The molecule has 0 unspecified atom stereocenters. The van der Waals surface area contributed by atoms with Crippen LogP contribution in [0.25, 0.3) is 5.57 Å². The molecule has 1 nitrogen and oxygen atoms in total. The van der Waals surface area contributed by atoms with E-state index >= 15 is 0 Å². The molecule has 0 aliphatic heterocycles. The number of benzene rings is 1. The van der Waals surface area contributed by atoms with E-state index < -0.39 is 0 Å². The van der Waals surface area contributed by atoms with Gasteiger partial charge in [0.05, 0.1) is 0 Å². The van der Waals surface area contributed by atoms with Gasteiger partial charge >= 0.3 is 0 Å². The summed E-state index contributed by atoms with van der Waals surface area (Å²) in [6.45, 7) is 5.85. The van der Waals surface area contributed by atoms with Crippen LogP contribution in [0.4, 0.5) is 0 Å². The lowest BCUT2D eigenvalue weighted by atomic mass is 10.0. The van der Waals surface area contributed by atoms with Gasteiger partial charge in [-0.25, -0.2) is 0 Å². The summed E-state index contributed by atoms with van der Waals surface area (Å²) in [5.41, 5.74) is 3.44. The van der Waals surface area contributed by atoms with E-state index in [0.717, 1.165) is 23.8 Å². The fourth-order valence-electron chi connectivity index (χ4n) is 1.18. The second-order valence-corrected chi connectivity index (χ2v) is 3.18. The number of aryl methyl sites for hydroxylation is 1. The molecule has 1 aromatic rings. The van der Waals surface area contributed by atoms with Crippen molar-refractivity contribution >= 4 is 11.9 Å². The molecule has 0 spiro atoms. The van der Waals surface area contributed by atoms with E-state index in [4.69, 9.17) is 0 Å². The minimum absolute atomic E-state index is 0.604. The van der Waals surface area contributed by atoms with Gasteiger partial charge in [-0.3, -0.25) is 0 Å². The van der Waals surface area contributed by atoms with Crippen molar-refractivity contribution in [3.8, 4) is 0 Å². The second kappa shape index (κ2) is 4.61. The van der Waals surface area contributed by atoms with Crippen molar-refractivity contribution in [3.63, 3.8) is 0 Å². The number of hydrogen-bond donors (Lipinski definition) is 0. The molecular weight excluding hydrogens is 160 g/mol. The Bertz CT molecular complexity index is 295. The topological polar surface area (TPSA) is 17.1 Å². The predicted octanol–water partition coefficient (Wildman–Crippen LogP) is 2.85. The molecule has 0 saturated carbocycles. The Morgan fingerprint density at radius 2 is 2.00 bits per heavy atom. The van der Waals surface area contributed by atoms with Crippen molar-refractivity contribution in [2.24, 2.45) is 0 Å². The number of rotatable bonds is 4. The van der Waals surface area contributed by atoms with Gasteiger partial charge in [-0.05, 0) is 24.5 Å². The van der Waals surface area contributed by atoms with Gasteiger partial charge in [0.2, 0.25) is 0 Å². The zero-order valence-corrected chi connectivity index (χ0v) is 7.92. The average Bonchev–Trinajstić information content (AvgIpc) is 2.15. The lowest BCUT2D eigenvalue weighted by molar-refractivity contribution is -0.107. The summed E-state index contributed by atoms with van der Waals surface area (Å²) in [4.78, 5) is 10.1. The molecule has 0 atom stereocenters. The lowest BCUT2D eigenvalue weighted by Crippen LogP contribution is -1.86. The van der Waals surface area contributed by atoms with Crippen LogP contribution in [0.15, 0.2) is 30.8 Å². The van der Waals surface area contributed by atoms with Gasteiger partial charge in [0.1, 0.15) is 6.29 Å². The van der Waals surface area contributed by atoms with Crippen molar-refractivity contribution in [2.45, 2.75) is 19.8 Å². The minimum atomic E-state index is 0.604. The maximum absolute atomic E-state index is 10.1. The maximum Gasteiger partial charge on any atom is 0.120 e. The predicted molar refractivity (Wildman–Crippen MR) is 55.5 cm³/mol. The third-order valence-electron chi connectivity index (χ3n) is 2.00. The van der Waals surface area contributed by atoms with E-state index in [1.807, 2.05) is 31.2 Å². The molecule has 0 N–H and O–H groups in total.